The van der Waals surface area contributed by atoms with Crippen molar-refractivity contribution in [3.8, 4) is 22.9 Å². The zero-order chi connectivity index (χ0) is 18.6. The summed E-state index contributed by atoms with van der Waals surface area (Å²) in [7, 11) is 3.02. The number of nitrogens with one attached hydrogen (secondary N) is 1. The number of rotatable bonds is 7. The minimum Gasteiger partial charge on any atom is -0.493 e. The van der Waals surface area contributed by atoms with Gasteiger partial charge >= 0.3 is 6.61 Å². The normalized spacial score (nSPS) is 16.0. The molecule has 1 aromatic heterocycles. The molecule has 0 aliphatic carbocycles. The van der Waals surface area contributed by atoms with Crippen LogP contribution in [0.1, 0.15) is 18.7 Å². The number of methoxy groups -OCH3 is 2. The second kappa shape index (κ2) is 9.29. The molecule has 0 amide bonds. The van der Waals surface area contributed by atoms with Crippen LogP contribution < -0.4 is 14.8 Å². The van der Waals surface area contributed by atoms with Crippen LogP contribution in [0.5, 0.6) is 11.5 Å². The van der Waals surface area contributed by atoms with E-state index >= 15 is 0 Å². The summed E-state index contributed by atoms with van der Waals surface area (Å²) in [4.78, 5) is 4.53. The fourth-order valence-corrected chi connectivity index (χ4v) is 3.16. The van der Waals surface area contributed by atoms with Crippen molar-refractivity contribution in [2.45, 2.75) is 24.9 Å². The molecule has 150 valence electrons. The average Bonchev–Trinajstić information content (AvgIpc) is 3.13. The molecule has 3 rings (SSSR count). The van der Waals surface area contributed by atoms with Gasteiger partial charge in [-0.15, -0.1) is 12.4 Å². The third-order valence-corrected chi connectivity index (χ3v) is 4.50. The van der Waals surface area contributed by atoms with E-state index in [2.05, 4.69) is 20.2 Å². The molecule has 7 nitrogen and oxygen atoms in total. The SMILES string of the molecule is COCC1(c2nc(-c3ccc(OC(F)F)c(OC)c3)no2)CCNCC1.Cl. The minimum absolute atomic E-state index is 0. The van der Waals surface area contributed by atoms with Crippen LogP contribution in [0.4, 0.5) is 8.78 Å². The molecule has 2 aromatic rings. The van der Waals surface area contributed by atoms with Gasteiger partial charge in [0.15, 0.2) is 11.5 Å². The molecule has 0 spiro atoms. The lowest BCUT2D eigenvalue weighted by Crippen LogP contribution is -2.43. The summed E-state index contributed by atoms with van der Waals surface area (Å²) in [5.74, 6) is 0.991. The van der Waals surface area contributed by atoms with Crippen molar-refractivity contribution in [2.75, 3.05) is 33.9 Å². The molecule has 0 bridgehead atoms. The van der Waals surface area contributed by atoms with Crippen LogP contribution in [0.3, 0.4) is 0 Å². The number of alkyl halides is 2. The van der Waals surface area contributed by atoms with E-state index in [1.54, 1.807) is 13.2 Å². The first kappa shape index (κ1) is 21.3. The molecule has 0 atom stereocenters. The highest BCUT2D eigenvalue weighted by molar-refractivity contribution is 5.85. The largest absolute Gasteiger partial charge is 0.493 e. The summed E-state index contributed by atoms with van der Waals surface area (Å²) in [6.45, 7) is -0.760. The van der Waals surface area contributed by atoms with Crippen molar-refractivity contribution < 1.29 is 27.5 Å². The van der Waals surface area contributed by atoms with Gasteiger partial charge in [-0.05, 0) is 44.1 Å². The first-order chi connectivity index (χ1) is 12.6. The Labute approximate surface area is 161 Å². The highest BCUT2D eigenvalue weighted by atomic mass is 35.5. The molecule has 1 fully saturated rings. The smallest absolute Gasteiger partial charge is 0.387 e. The minimum atomic E-state index is -2.93. The highest BCUT2D eigenvalue weighted by Gasteiger charge is 2.39. The zero-order valence-electron chi connectivity index (χ0n) is 15.0. The molecule has 1 saturated heterocycles. The predicted molar refractivity (Wildman–Crippen MR) is 95.8 cm³/mol. The van der Waals surface area contributed by atoms with Crippen molar-refractivity contribution in [2.24, 2.45) is 0 Å². The van der Waals surface area contributed by atoms with Gasteiger partial charge < -0.3 is 24.1 Å². The Morgan fingerprint density at radius 2 is 1.96 bits per heavy atom. The van der Waals surface area contributed by atoms with E-state index in [1.807, 2.05) is 0 Å². The molecule has 1 aliphatic rings. The number of ether oxygens (including phenoxy) is 3. The highest BCUT2D eigenvalue weighted by Crippen LogP contribution is 2.36. The zero-order valence-corrected chi connectivity index (χ0v) is 15.9. The van der Waals surface area contributed by atoms with E-state index in [1.165, 1.54) is 19.2 Å². The first-order valence-electron chi connectivity index (χ1n) is 8.25. The monoisotopic (exact) mass is 405 g/mol. The number of aromatic nitrogens is 2. The maximum Gasteiger partial charge on any atom is 0.387 e. The van der Waals surface area contributed by atoms with E-state index in [4.69, 9.17) is 14.0 Å². The Hall–Kier alpha value is -1.97. The quantitative estimate of drug-likeness (QED) is 0.758. The standard InChI is InChI=1S/C17H21F2N3O4.ClH/c1-23-10-17(5-7-20-8-6-17)15-21-14(22-26-15)11-3-4-12(25-16(18)19)13(9-11)24-2;/h3-4,9,16,20H,5-8,10H2,1-2H3;1H. The Kier molecular flexibility index (Phi) is 7.34. The van der Waals surface area contributed by atoms with Gasteiger partial charge in [-0.3, -0.25) is 0 Å². The third kappa shape index (κ3) is 4.66. The van der Waals surface area contributed by atoms with Crippen LogP contribution in [0.2, 0.25) is 0 Å². The second-order valence-electron chi connectivity index (χ2n) is 6.13. The van der Waals surface area contributed by atoms with Gasteiger partial charge in [-0.25, -0.2) is 0 Å². The summed E-state index contributed by atoms with van der Waals surface area (Å²) in [6.07, 6.45) is 1.65. The Bertz CT molecular complexity index is 733. The number of halogens is 3. The number of benzene rings is 1. The third-order valence-electron chi connectivity index (χ3n) is 4.50. The van der Waals surface area contributed by atoms with Gasteiger partial charge in [0.2, 0.25) is 11.7 Å². The van der Waals surface area contributed by atoms with Crippen LogP contribution in [-0.2, 0) is 10.2 Å². The Morgan fingerprint density at radius 3 is 2.59 bits per heavy atom. The second-order valence-corrected chi connectivity index (χ2v) is 6.13. The molecule has 0 unspecified atom stereocenters. The lowest BCUT2D eigenvalue weighted by atomic mass is 9.79. The summed E-state index contributed by atoms with van der Waals surface area (Å²) >= 11 is 0. The van der Waals surface area contributed by atoms with E-state index in [9.17, 15) is 8.78 Å². The molecular weight excluding hydrogens is 384 g/mol. The molecule has 1 aliphatic heterocycles. The van der Waals surface area contributed by atoms with Gasteiger partial charge in [-0.1, -0.05) is 5.16 Å². The molecule has 1 N–H and O–H groups in total. The van der Waals surface area contributed by atoms with E-state index in [0.29, 0.717) is 23.9 Å². The van der Waals surface area contributed by atoms with Gasteiger partial charge in [0.05, 0.1) is 19.1 Å². The van der Waals surface area contributed by atoms with Gasteiger partial charge in [0.25, 0.3) is 0 Å². The number of nitrogens with zero attached hydrogens (tertiary/aromatic N) is 2. The van der Waals surface area contributed by atoms with E-state index in [-0.39, 0.29) is 29.3 Å². The van der Waals surface area contributed by atoms with Gasteiger partial charge in [-0.2, -0.15) is 13.8 Å². The molecular formula is C17H22ClF2N3O4. The molecule has 2 heterocycles. The number of piperidine rings is 1. The summed E-state index contributed by atoms with van der Waals surface area (Å²) in [6, 6.07) is 4.52. The lowest BCUT2D eigenvalue weighted by Gasteiger charge is -2.33. The summed E-state index contributed by atoms with van der Waals surface area (Å²) in [5, 5.41) is 7.35. The maximum absolute atomic E-state index is 12.5. The van der Waals surface area contributed by atoms with Crippen LogP contribution in [-0.4, -0.2) is 50.7 Å². The van der Waals surface area contributed by atoms with Gasteiger partial charge in [0.1, 0.15) is 0 Å². The topological polar surface area (TPSA) is 78.6 Å². The maximum atomic E-state index is 12.5. The van der Waals surface area contributed by atoms with Crippen LogP contribution >= 0.6 is 12.4 Å². The van der Waals surface area contributed by atoms with Crippen molar-refractivity contribution in [1.82, 2.24) is 15.5 Å². The summed E-state index contributed by atoms with van der Waals surface area (Å²) < 4.78 is 45.3. The lowest BCUT2D eigenvalue weighted by molar-refractivity contribution is -0.0512. The number of hydrogen-bond acceptors (Lipinski definition) is 7. The molecule has 1 aromatic carbocycles. The van der Waals surface area contributed by atoms with E-state index in [0.717, 1.165) is 25.9 Å². The first-order valence-corrected chi connectivity index (χ1v) is 8.25. The molecule has 10 heteroatoms. The predicted octanol–water partition coefficient (Wildman–Crippen LogP) is 3.04. The van der Waals surface area contributed by atoms with Crippen LogP contribution in [0.15, 0.2) is 22.7 Å². The van der Waals surface area contributed by atoms with Gasteiger partial charge in [0, 0.05) is 12.7 Å². The fraction of sp³-hybridized carbons (Fsp3) is 0.529. The van der Waals surface area contributed by atoms with Crippen molar-refractivity contribution >= 4 is 12.4 Å². The van der Waals surface area contributed by atoms with E-state index < -0.39 is 6.61 Å². The molecule has 27 heavy (non-hydrogen) atoms. The number of hydrogen-bond donors (Lipinski definition) is 1. The Balaban J connectivity index is 0.00000261. The van der Waals surface area contributed by atoms with Crippen LogP contribution in [0, 0.1) is 0 Å². The molecule has 0 saturated carbocycles. The van der Waals surface area contributed by atoms with Crippen LogP contribution in [0.25, 0.3) is 11.4 Å². The average molecular weight is 406 g/mol. The Morgan fingerprint density at radius 1 is 1.22 bits per heavy atom. The fourth-order valence-electron chi connectivity index (χ4n) is 3.16. The van der Waals surface area contributed by atoms with Crippen molar-refractivity contribution in [1.29, 1.82) is 0 Å². The van der Waals surface area contributed by atoms with Crippen molar-refractivity contribution in [3.63, 3.8) is 0 Å². The van der Waals surface area contributed by atoms with Crippen molar-refractivity contribution in [3.05, 3.63) is 24.1 Å². The molecule has 0 radical (unpaired) electrons. The summed E-state index contributed by atoms with van der Waals surface area (Å²) in [5.41, 5.74) is 0.258.